The van der Waals surface area contributed by atoms with E-state index in [0.717, 1.165) is 34.4 Å². The van der Waals surface area contributed by atoms with Gasteiger partial charge >= 0.3 is 12.4 Å². The fourth-order valence-electron chi connectivity index (χ4n) is 5.22. The van der Waals surface area contributed by atoms with Crippen LogP contribution < -0.4 is 15.0 Å². The average molecular weight is 635 g/mol. The van der Waals surface area contributed by atoms with E-state index < -0.39 is 12.4 Å². The highest BCUT2D eigenvalue weighted by Gasteiger charge is 2.40. The van der Waals surface area contributed by atoms with Crippen molar-refractivity contribution in [2.24, 2.45) is 4.99 Å². The van der Waals surface area contributed by atoms with Gasteiger partial charge in [0.1, 0.15) is 12.1 Å². The van der Waals surface area contributed by atoms with Crippen LogP contribution in [0.3, 0.4) is 0 Å². The Hall–Kier alpha value is -4.65. The number of aromatic nitrogens is 3. The van der Waals surface area contributed by atoms with E-state index >= 15 is 0 Å². The van der Waals surface area contributed by atoms with Gasteiger partial charge in [-0.3, -0.25) is 9.69 Å². The summed E-state index contributed by atoms with van der Waals surface area (Å²) >= 11 is 1.26. The topological polar surface area (TPSA) is 102 Å². The minimum Gasteiger partial charge on any atom is -0.406 e. The van der Waals surface area contributed by atoms with Gasteiger partial charge in [-0.1, -0.05) is 62.0 Å². The van der Waals surface area contributed by atoms with Crippen molar-refractivity contribution in [1.82, 2.24) is 20.1 Å². The molecule has 1 N–H and O–H groups in total. The molecular weight excluding hydrogens is 605 g/mol. The van der Waals surface area contributed by atoms with Gasteiger partial charge in [-0.25, -0.2) is 14.5 Å². The van der Waals surface area contributed by atoms with Gasteiger partial charge in [0.2, 0.25) is 5.91 Å². The Kier molecular flexibility index (Phi) is 8.12. The number of aryl methyl sites for hydroxylation is 1. The second-order valence-corrected chi connectivity index (χ2v) is 12.1. The average Bonchev–Trinajstić information content (AvgIpc) is 3.38. The maximum atomic E-state index is 12.9. The summed E-state index contributed by atoms with van der Waals surface area (Å²) in [6.45, 7) is 6.10. The summed E-state index contributed by atoms with van der Waals surface area (Å²) in [5, 5.41) is 7.79. The monoisotopic (exact) mass is 634 g/mol. The third-order valence-electron chi connectivity index (χ3n) is 7.53. The van der Waals surface area contributed by atoms with Crippen LogP contribution >= 0.6 is 11.8 Å². The molecule has 3 amide bonds. The predicted molar refractivity (Wildman–Crippen MR) is 166 cm³/mol. The molecule has 3 aromatic carbocycles. The molecular formula is C32H29F3N6O3S. The number of halogens is 3. The number of amides is 3. The Morgan fingerprint density at radius 2 is 1.82 bits per heavy atom. The summed E-state index contributed by atoms with van der Waals surface area (Å²) in [4.78, 5) is 35.9. The van der Waals surface area contributed by atoms with Gasteiger partial charge in [0.05, 0.1) is 17.1 Å². The molecule has 1 aromatic heterocycles. The van der Waals surface area contributed by atoms with Gasteiger partial charge in [-0.15, -0.1) is 18.3 Å². The molecule has 2 heterocycles. The molecule has 0 radical (unpaired) electrons. The third-order valence-corrected chi connectivity index (χ3v) is 8.46. The molecule has 2 aliphatic rings. The molecule has 1 saturated carbocycles. The van der Waals surface area contributed by atoms with E-state index in [1.54, 1.807) is 4.90 Å². The normalized spacial score (nSPS) is 19.0. The van der Waals surface area contributed by atoms with Gasteiger partial charge in [0, 0.05) is 17.5 Å². The number of ether oxygens (including phenoxy) is 1. The molecule has 0 bridgehead atoms. The first-order chi connectivity index (χ1) is 21.4. The van der Waals surface area contributed by atoms with Crippen LogP contribution in [0.25, 0.3) is 17.1 Å². The van der Waals surface area contributed by atoms with Gasteiger partial charge in [0.25, 0.3) is 0 Å². The molecule has 4 aromatic rings. The van der Waals surface area contributed by atoms with Crippen molar-refractivity contribution in [3.8, 4) is 22.8 Å². The number of urea groups is 1. The highest BCUT2D eigenvalue weighted by molar-refractivity contribution is 8.15. The van der Waals surface area contributed by atoms with Gasteiger partial charge in [0.15, 0.2) is 11.0 Å². The van der Waals surface area contributed by atoms with E-state index in [1.165, 1.54) is 47.0 Å². The SMILES string of the molecule is Cc1ccc(C(C)C)c(N2C(=O)CSC2=NC(=O)NC2CC2c2ccc(-c3ncn(-c4ccc(OC(F)(F)F)cc4)n3)cc2)c1. The molecule has 2 unspecified atom stereocenters. The molecule has 232 valence electrons. The number of rotatable bonds is 7. The van der Waals surface area contributed by atoms with E-state index in [9.17, 15) is 22.8 Å². The number of benzene rings is 3. The summed E-state index contributed by atoms with van der Waals surface area (Å²) in [5.74, 6) is 0.589. The number of carbonyl (C=O) groups excluding carboxylic acids is 2. The van der Waals surface area contributed by atoms with Crippen LogP contribution in [0.2, 0.25) is 0 Å². The fourth-order valence-corrected chi connectivity index (χ4v) is 6.08. The molecule has 45 heavy (non-hydrogen) atoms. The third kappa shape index (κ3) is 6.88. The lowest BCUT2D eigenvalue weighted by Gasteiger charge is -2.22. The summed E-state index contributed by atoms with van der Waals surface area (Å²) in [7, 11) is 0. The number of hydrogen-bond donors (Lipinski definition) is 1. The van der Waals surface area contributed by atoms with Crippen molar-refractivity contribution in [3.63, 3.8) is 0 Å². The van der Waals surface area contributed by atoms with Crippen LogP contribution in [0.1, 0.15) is 48.8 Å². The van der Waals surface area contributed by atoms with Crippen LogP contribution in [-0.4, -0.2) is 50.0 Å². The standard InChI is InChI=1S/C32H29F3N6O3S/c1-18(2)24-13-4-19(3)14-27(24)41-28(42)16-45-31(41)38-30(43)37-26-15-25(26)20-5-7-21(8-6-20)29-36-17-40(39-29)22-9-11-23(12-10-22)44-32(33,34)35/h4-14,17-18,25-26H,15-16H2,1-3H3,(H,37,43). The van der Waals surface area contributed by atoms with Crippen molar-refractivity contribution >= 4 is 34.6 Å². The lowest BCUT2D eigenvalue weighted by molar-refractivity contribution is -0.274. The Labute approximate surface area is 261 Å². The van der Waals surface area contributed by atoms with Crippen molar-refractivity contribution in [1.29, 1.82) is 0 Å². The largest absolute Gasteiger partial charge is 0.573 e. The molecule has 6 rings (SSSR count). The second kappa shape index (κ2) is 12.0. The van der Waals surface area contributed by atoms with Gasteiger partial charge < -0.3 is 10.1 Å². The molecule has 2 fully saturated rings. The van der Waals surface area contributed by atoms with Crippen molar-refractivity contribution < 1.29 is 27.5 Å². The van der Waals surface area contributed by atoms with Crippen molar-refractivity contribution in [3.05, 3.63) is 89.7 Å². The van der Waals surface area contributed by atoms with Crippen LogP contribution in [0, 0.1) is 6.92 Å². The van der Waals surface area contributed by atoms with Crippen LogP contribution in [0.4, 0.5) is 23.7 Å². The lowest BCUT2D eigenvalue weighted by Crippen LogP contribution is -2.32. The van der Waals surface area contributed by atoms with Crippen molar-refractivity contribution in [2.45, 2.75) is 51.4 Å². The quantitative estimate of drug-likeness (QED) is 0.236. The molecule has 9 nitrogen and oxygen atoms in total. The van der Waals surface area contributed by atoms with E-state index in [1.807, 2.05) is 49.4 Å². The van der Waals surface area contributed by atoms with Gasteiger partial charge in [-0.05, 0) is 66.3 Å². The highest BCUT2D eigenvalue weighted by Crippen LogP contribution is 2.41. The van der Waals surface area contributed by atoms with Crippen LogP contribution in [0.5, 0.6) is 5.75 Å². The summed E-state index contributed by atoms with van der Waals surface area (Å²) < 4.78 is 42.6. The number of anilines is 1. The maximum absolute atomic E-state index is 12.9. The van der Waals surface area contributed by atoms with E-state index in [4.69, 9.17) is 0 Å². The first-order valence-electron chi connectivity index (χ1n) is 14.3. The summed E-state index contributed by atoms with van der Waals surface area (Å²) in [5.41, 5.74) is 5.15. The summed E-state index contributed by atoms with van der Waals surface area (Å²) in [6.07, 6.45) is -2.51. The first-order valence-corrected chi connectivity index (χ1v) is 15.3. The zero-order valence-corrected chi connectivity index (χ0v) is 25.4. The predicted octanol–water partition coefficient (Wildman–Crippen LogP) is 6.97. The van der Waals surface area contributed by atoms with Gasteiger partial charge in [-0.2, -0.15) is 4.99 Å². The highest BCUT2D eigenvalue weighted by atomic mass is 32.2. The smallest absolute Gasteiger partial charge is 0.406 e. The Balaban J connectivity index is 1.08. The number of alkyl halides is 3. The van der Waals surface area contributed by atoms with E-state index in [0.29, 0.717) is 16.7 Å². The van der Waals surface area contributed by atoms with E-state index in [2.05, 4.69) is 39.0 Å². The Bertz CT molecular complexity index is 1770. The second-order valence-electron chi connectivity index (χ2n) is 11.2. The van der Waals surface area contributed by atoms with E-state index in [-0.39, 0.29) is 35.3 Å². The molecule has 1 saturated heterocycles. The van der Waals surface area contributed by atoms with Crippen molar-refractivity contribution in [2.75, 3.05) is 10.7 Å². The lowest BCUT2D eigenvalue weighted by atomic mass is 9.99. The zero-order chi connectivity index (χ0) is 31.9. The number of thioether (sulfide) groups is 1. The number of aliphatic imine (C=N–C) groups is 1. The summed E-state index contributed by atoms with van der Waals surface area (Å²) in [6, 6.07) is 18.5. The van der Waals surface area contributed by atoms with Crippen LogP contribution in [0.15, 0.2) is 78.0 Å². The Morgan fingerprint density at radius 1 is 1.09 bits per heavy atom. The van der Waals surface area contributed by atoms with Crippen LogP contribution in [-0.2, 0) is 4.79 Å². The maximum Gasteiger partial charge on any atom is 0.573 e. The number of nitrogens with one attached hydrogen (secondary N) is 1. The fraction of sp³-hybridized carbons (Fsp3) is 0.281. The molecule has 0 spiro atoms. The number of nitrogens with zero attached hydrogens (tertiary/aromatic N) is 5. The first kappa shape index (κ1) is 30.4. The minimum atomic E-state index is -4.76. The minimum absolute atomic E-state index is 0.0740. The molecule has 13 heteroatoms. The number of carbonyl (C=O) groups is 2. The molecule has 2 atom stereocenters. The molecule has 1 aliphatic carbocycles. The number of hydrogen-bond acceptors (Lipinski definition) is 6. The number of amidine groups is 1. The molecule has 1 aliphatic heterocycles. The zero-order valence-electron chi connectivity index (χ0n) is 24.6. The Morgan fingerprint density at radius 3 is 2.51 bits per heavy atom.